The highest BCUT2D eigenvalue weighted by molar-refractivity contribution is 5.87. The summed E-state index contributed by atoms with van der Waals surface area (Å²) in [5, 5.41) is 8.34. The quantitative estimate of drug-likeness (QED) is 0.686. The Bertz CT molecular complexity index is 377. The number of carbonyl (C=O) groups is 1. The van der Waals surface area contributed by atoms with Gasteiger partial charge in [-0.1, -0.05) is 31.9 Å². The molecule has 0 bridgehead atoms. The van der Waals surface area contributed by atoms with Gasteiger partial charge in [-0.2, -0.15) is 0 Å². The van der Waals surface area contributed by atoms with Crippen LogP contribution in [0.1, 0.15) is 30.9 Å². The maximum Gasteiger partial charge on any atom is 0.382 e. The molecule has 0 fully saturated rings. The van der Waals surface area contributed by atoms with Crippen molar-refractivity contribution in [2.24, 2.45) is 0 Å². The Balaban J connectivity index is 2.85. The van der Waals surface area contributed by atoms with Crippen molar-refractivity contribution < 1.29 is 9.90 Å². The van der Waals surface area contributed by atoms with Crippen molar-refractivity contribution in [3.8, 4) is 11.8 Å². The summed E-state index contributed by atoms with van der Waals surface area (Å²) in [5.41, 5.74) is 1.96. The first-order valence-corrected chi connectivity index (χ1v) is 4.44. The highest BCUT2D eigenvalue weighted by Crippen LogP contribution is 2.13. The van der Waals surface area contributed by atoms with E-state index in [1.54, 1.807) is 0 Å². The molecule has 0 amide bonds. The van der Waals surface area contributed by atoms with Crippen molar-refractivity contribution in [2.75, 3.05) is 0 Å². The first kappa shape index (κ1) is 10.3. The van der Waals surface area contributed by atoms with Crippen LogP contribution in [0, 0.1) is 11.8 Å². The van der Waals surface area contributed by atoms with Crippen LogP contribution in [-0.4, -0.2) is 11.1 Å². The zero-order chi connectivity index (χ0) is 10.6. The van der Waals surface area contributed by atoms with Gasteiger partial charge in [0.05, 0.1) is 0 Å². The van der Waals surface area contributed by atoms with Gasteiger partial charge in [-0.05, 0) is 23.6 Å². The molecule has 1 aromatic rings. The van der Waals surface area contributed by atoms with Crippen LogP contribution in [0.2, 0.25) is 0 Å². The first-order chi connectivity index (χ1) is 6.59. The van der Waals surface area contributed by atoms with Crippen molar-refractivity contribution in [3.05, 3.63) is 35.4 Å². The second-order valence-electron chi connectivity index (χ2n) is 3.33. The lowest BCUT2D eigenvalue weighted by molar-refractivity contribution is -0.130. The zero-order valence-electron chi connectivity index (χ0n) is 8.24. The molecule has 14 heavy (non-hydrogen) atoms. The monoisotopic (exact) mass is 188 g/mol. The molecule has 0 aliphatic heterocycles. The fraction of sp³-hybridized carbons (Fsp3) is 0.250. The van der Waals surface area contributed by atoms with Crippen molar-refractivity contribution in [1.29, 1.82) is 0 Å². The molecule has 1 rings (SSSR count). The number of hydrogen-bond acceptors (Lipinski definition) is 1. The maximum atomic E-state index is 10.2. The largest absolute Gasteiger partial charge is 0.472 e. The van der Waals surface area contributed by atoms with Crippen LogP contribution in [0.15, 0.2) is 24.3 Å². The number of benzene rings is 1. The van der Waals surface area contributed by atoms with Crippen LogP contribution in [0.25, 0.3) is 0 Å². The van der Waals surface area contributed by atoms with Gasteiger partial charge in [0, 0.05) is 11.5 Å². The number of carboxylic acids is 1. The minimum atomic E-state index is -1.10. The first-order valence-electron chi connectivity index (χ1n) is 4.44. The summed E-state index contributed by atoms with van der Waals surface area (Å²) in [5.74, 6) is 4.02. The van der Waals surface area contributed by atoms with E-state index in [9.17, 15) is 4.79 Å². The lowest BCUT2D eigenvalue weighted by atomic mass is 10.0. The van der Waals surface area contributed by atoms with Gasteiger partial charge < -0.3 is 5.11 Å². The third-order valence-electron chi connectivity index (χ3n) is 1.89. The molecule has 1 N–H and O–H groups in total. The molecule has 0 saturated carbocycles. The highest BCUT2D eigenvalue weighted by atomic mass is 16.4. The van der Waals surface area contributed by atoms with Crippen LogP contribution in [0.3, 0.4) is 0 Å². The normalized spacial score (nSPS) is 9.36. The standard InChI is InChI=1S/C12H12O2/c1-9(2)11-6-3-10(4-7-11)5-8-12(13)14/h3-4,6-7,9H,1-2H3,(H,13,14). The molecule has 0 spiro atoms. The van der Waals surface area contributed by atoms with E-state index in [4.69, 9.17) is 5.11 Å². The second-order valence-corrected chi connectivity index (χ2v) is 3.33. The van der Waals surface area contributed by atoms with Gasteiger partial charge in [0.25, 0.3) is 0 Å². The molecule has 0 aromatic heterocycles. The maximum absolute atomic E-state index is 10.2. The predicted octanol–water partition coefficient (Wildman–Crippen LogP) is 2.25. The van der Waals surface area contributed by atoms with Gasteiger partial charge in [0.1, 0.15) is 0 Å². The summed E-state index contributed by atoms with van der Waals surface area (Å²) in [6.45, 7) is 4.22. The summed E-state index contributed by atoms with van der Waals surface area (Å²) >= 11 is 0. The average molecular weight is 188 g/mol. The lowest BCUT2D eigenvalue weighted by Crippen LogP contribution is -1.88. The Morgan fingerprint density at radius 1 is 1.29 bits per heavy atom. The van der Waals surface area contributed by atoms with E-state index >= 15 is 0 Å². The Kier molecular flexibility index (Phi) is 3.30. The molecule has 0 unspecified atom stereocenters. The van der Waals surface area contributed by atoms with E-state index in [0.717, 1.165) is 5.56 Å². The van der Waals surface area contributed by atoms with Crippen LogP contribution in [-0.2, 0) is 4.79 Å². The van der Waals surface area contributed by atoms with Gasteiger partial charge >= 0.3 is 5.97 Å². The van der Waals surface area contributed by atoms with Gasteiger partial charge in [0.2, 0.25) is 0 Å². The topological polar surface area (TPSA) is 37.3 Å². The number of carboxylic acid groups (broad SMARTS) is 1. The molecule has 2 nitrogen and oxygen atoms in total. The molecule has 72 valence electrons. The van der Waals surface area contributed by atoms with Crippen molar-refractivity contribution in [3.63, 3.8) is 0 Å². The van der Waals surface area contributed by atoms with Crippen molar-refractivity contribution >= 4 is 5.97 Å². The minimum Gasteiger partial charge on any atom is -0.472 e. The molecule has 0 heterocycles. The van der Waals surface area contributed by atoms with Crippen LogP contribution < -0.4 is 0 Å². The van der Waals surface area contributed by atoms with Crippen LogP contribution in [0.4, 0.5) is 0 Å². The molecule has 0 aliphatic carbocycles. The molecule has 0 saturated heterocycles. The molecular formula is C12H12O2. The fourth-order valence-corrected chi connectivity index (χ4v) is 1.08. The van der Waals surface area contributed by atoms with Gasteiger partial charge in [0.15, 0.2) is 0 Å². The summed E-state index contributed by atoms with van der Waals surface area (Å²) in [6.07, 6.45) is 0. The van der Waals surface area contributed by atoms with E-state index in [0.29, 0.717) is 5.92 Å². The smallest absolute Gasteiger partial charge is 0.382 e. The van der Waals surface area contributed by atoms with Gasteiger partial charge in [-0.3, -0.25) is 0 Å². The van der Waals surface area contributed by atoms with E-state index in [-0.39, 0.29) is 0 Å². The molecule has 0 atom stereocenters. The minimum absolute atomic E-state index is 0.483. The Labute approximate surface area is 83.6 Å². The number of hydrogen-bond donors (Lipinski definition) is 1. The molecular weight excluding hydrogens is 176 g/mol. The molecule has 1 aromatic carbocycles. The fourth-order valence-electron chi connectivity index (χ4n) is 1.08. The molecule has 0 aliphatic rings. The second kappa shape index (κ2) is 4.48. The third-order valence-corrected chi connectivity index (χ3v) is 1.89. The lowest BCUT2D eigenvalue weighted by Gasteiger charge is -2.03. The molecule has 2 heteroatoms. The van der Waals surface area contributed by atoms with Gasteiger partial charge in [-0.15, -0.1) is 0 Å². The van der Waals surface area contributed by atoms with E-state index < -0.39 is 5.97 Å². The third kappa shape index (κ3) is 2.95. The average Bonchev–Trinajstić information content (AvgIpc) is 2.15. The summed E-state index contributed by atoms with van der Waals surface area (Å²) in [4.78, 5) is 10.2. The summed E-state index contributed by atoms with van der Waals surface area (Å²) < 4.78 is 0. The van der Waals surface area contributed by atoms with Crippen LogP contribution in [0.5, 0.6) is 0 Å². The Hall–Kier alpha value is -1.75. The van der Waals surface area contributed by atoms with E-state index in [2.05, 4.69) is 25.7 Å². The number of aliphatic carboxylic acids is 1. The SMILES string of the molecule is CC(C)c1ccc(C#CC(=O)O)cc1. The summed E-state index contributed by atoms with van der Waals surface area (Å²) in [6, 6.07) is 7.61. The van der Waals surface area contributed by atoms with Crippen LogP contribution >= 0.6 is 0 Å². The molecule has 0 radical (unpaired) electrons. The Morgan fingerprint density at radius 3 is 2.29 bits per heavy atom. The highest BCUT2D eigenvalue weighted by Gasteiger charge is 1.97. The predicted molar refractivity (Wildman–Crippen MR) is 55.0 cm³/mol. The van der Waals surface area contributed by atoms with Crippen molar-refractivity contribution in [1.82, 2.24) is 0 Å². The Morgan fingerprint density at radius 2 is 1.86 bits per heavy atom. The van der Waals surface area contributed by atoms with E-state index in [1.165, 1.54) is 5.56 Å². The van der Waals surface area contributed by atoms with Gasteiger partial charge in [-0.25, -0.2) is 4.79 Å². The van der Waals surface area contributed by atoms with Crippen molar-refractivity contribution in [2.45, 2.75) is 19.8 Å². The summed E-state index contributed by atoms with van der Waals surface area (Å²) in [7, 11) is 0. The van der Waals surface area contributed by atoms with E-state index in [1.807, 2.05) is 24.3 Å². The zero-order valence-corrected chi connectivity index (χ0v) is 8.24. The number of rotatable bonds is 1.